The van der Waals surface area contributed by atoms with E-state index in [1.54, 1.807) is 13.0 Å². The summed E-state index contributed by atoms with van der Waals surface area (Å²) in [7, 11) is 0. The predicted molar refractivity (Wildman–Crippen MR) is 113 cm³/mol. The van der Waals surface area contributed by atoms with Crippen molar-refractivity contribution in [2.75, 3.05) is 19.8 Å². The largest absolute Gasteiger partial charge is 0.490 e. The Hall–Kier alpha value is -3.16. The topological polar surface area (TPSA) is 76.7 Å². The van der Waals surface area contributed by atoms with E-state index < -0.39 is 23.4 Å². The van der Waals surface area contributed by atoms with Gasteiger partial charge in [-0.1, -0.05) is 19.9 Å². The maximum Gasteiger partial charge on any atom is 0.254 e. The number of carbonyl (C=O) groups excluding carboxylic acids is 2. The maximum atomic E-state index is 13.7. The minimum absolute atomic E-state index is 0.331. The van der Waals surface area contributed by atoms with Crippen LogP contribution in [0.15, 0.2) is 36.4 Å². The van der Waals surface area contributed by atoms with Gasteiger partial charge >= 0.3 is 0 Å². The molecule has 0 aromatic heterocycles. The molecule has 0 aliphatic rings. The second kappa shape index (κ2) is 11.9. The first-order valence-corrected chi connectivity index (χ1v) is 10.3. The van der Waals surface area contributed by atoms with Gasteiger partial charge in [-0.05, 0) is 49.6 Å². The molecular weight excluding hydrogens is 406 g/mol. The van der Waals surface area contributed by atoms with E-state index in [4.69, 9.17) is 9.47 Å². The fourth-order valence-electron chi connectivity index (χ4n) is 2.76. The molecule has 2 aromatic rings. The molecule has 168 valence electrons. The Morgan fingerprint density at radius 2 is 1.65 bits per heavy atom. The lowest BCUT2D eigenvalue weighted by atomic mass is 10.1. The second-order valence-electron chi connectivity index (χ2n) is 7.00. The van der Waals surface area contributed by atoms with Crippen molar-refractivity contribution in [1.29, 1.82) is 0 Å². The maximum absolute atomic E-state index is 13.7. The van der Waals surface area contributed by atoms with Crippen LogP contribution in [0.1, 0.15) is 55.6 Å². The van der Waals surface area contributed by atoms with Crippen molar-refractivity contribution < 1.29 is 27.8 Å². The SMILES string of the molecule is CCCOc1ccc(C(C)NC(=O)CNC(=O)c2ccc(F)cc2F)cc1OCCC. The number of hydrogen-bond donors (Lipinski definition) is 2. The number of benzene rings is 2. The van der Waals surface area contributed by atoms with Gasteiger partial charge in [0.15, 0.2) is 11.5 Å². The van der Waals surface area contributed by atoms with Gasteiger partial charge in [-0.3, -0.25) is 9.59 Å². The Bertz CT molecular complexity index is 905. The summed E-state index contributed by atoms with van der Waals surface area (Å²) in [4.78, 5) is 24.3. The van der Waals surface area contributed by atoms with Gasteiger partial charge in [0.2, 0.25) is 5.91 Å². The zero-order valence-electron chi connectivity index (χ0n) is 18.0. The van der Waals surface area contributed by atoms with E-state index in [0.29, 0.717) is 30.8 Å². The zero-order valence-corrected chi connectivity index (χ0v) is 18.0. The number of halogens is 2. The summed E-state index contributed by atoms with van der Waals surface area (Å²) in [6.45, 7) is 6.58. The van der Waals surface area contributed by atoms with Crippen LogP contribution in [-0.4, -0.2) is 31.6 Å². The molecule has 0 bridgehead atoms. The monoisotopic (exact) mass is 434 g/mol. The third-order valence-electron chi connectivity index (χ3n) is 4.35. The molecule has 6 nitrogen and oxygen atoms in total. The van der Waals surface area contributed by atoms with E-state index in [2.05, 4.69) is 10.6 Å². The standard InChI is InChI=1S/C23H28F2N2O4/c1-4-10-30-20-9-6-16(12-21(20)31-11-5-2)15(3)27-22(28)14-26-23(29)18-8-7-17(24)13-19(18)25/h6-9,12-13,15H,4-5,10-11,14H2,1-3H3,(H,26,29)(H,27,28). The summed E-state index contributed by atoms with van der Waals surface area (Å²) in [5, 5.41) is 5.10. The van der Waals surface area contributed by atoms with Crippen molar-refractivity contribution in [3.63, 3.8) is 0 Å². The molecule has 0 heterocycles. The lowest BCUT2D eigenvalue weighted by molar-refractivity contribution is -0.120. The van der Waals surface area contributed by atoms with Gasteiger partial charge in [0.25, 0.3) is 5.91 Å². The van der Waals surface area contributed by atoms with E-state index in [9.17, 15) is 18.4 Å². The second-order valence-corrected chi connectivity index (χ2v) is 7.00. The Balaban J connectivity index is 1.97. The summed E-state index contributed by atoms with van der Waals surface area (Å²) in [6, 6.07) is 7.71. The molecule has 0 radical (unpaired) electrons. The van der Waals surface area contributed by atoms with Crippen LogP contribution < -0.4 is 20.1 Å². The molecule has 8 heteroatoms. The highest BCUT2D eigenvalue weighted by atomic mass is 19.1. The number of rotatable bonds is 11. The van der Waals surface area contributed by atoms with Crippen LogP contribution in [0.3, 0.4) is 0 Å². The summed E-state index contributed by atoms with van der Waals surface area (Å²) in [5.74, 6) is -1.77. The normalized spacial score (nSPS) is 11.5. The number of amides is 2. The average Bonchev–Trinajstić information content (AvgIpc) is 2.74. The molecule has 31 heavy (non-hydrogen) atoms. The van der Waals surface area contributed by atoms with Crippen LogP contribution in [0.4, 0.5) is 8.78 Å². The summed E-state index contributed by atoms with van der Waals surface area (Å²) in [5.41, 5.74) is 0.474. The summed E-state index contributed by atoms with van der Waals surface area (Å²) in [6.07, 6.45) is 1.72. The van der Waals surface area contributed by atoms with Gasteiger partial charge in [0.05, 0.1) is 31.4 Å². The van der Waals surface area contributed by atoms with Crippen LogP contribution in [0.2, 0.25) is 0 Å². The molecule has 0 saturated carbocycles. The molecule has 0 saturated heterocycles. The third kappa shape index (κ3) is 7.24. The minimum atomic E-state index is -0.990. The van der Waals surface area contributed by atoms with E-state index in [0.717, 1.165) is 30.5 Å². The lowest BCUT2D eigenvalue weighted by Gasteiger charge is -2.18. The van der Waals surface area contributed by atoms with Crippen molar-refractivity contribution in [2.24, 2.45) is 0 Å². The van der Waals surface area contributed by atoms with Crippen molar-refractivity contribution in [3.8, 4) is 11.5 Å². The van der Waals surface area contributed by atoms with Crippen LogP contribution in [-0.2, 0) is 4.79 Å². The molecule has 2 amide bonds. The molecule has 2 N–H and O–H groups in total. The van der Waals surface area contributed by atoms with Crippen molar-refractivity contribution in [2.45, 2.75) is 39.7 Å². The molecule has 0 spiro atoms. The number of nitrogens with one attached hydrogen (secondary N) is 2. The van der Waals surface area contributed by atoms with Gasteiger partial charge < -0.3 is 20.1 Å². The fourth-order valence-corrected chi connectivity index (χ4v) is 2.76. The Morgan fingerprint density at radius 1 is 0.968 bits per heavy atom. The minimum Gasteiger partial charge on any atom is -0.490 e. The Labute approximate surface area is 180 Å². The lowest BCUT2D eigenvalue weighted by Crippen LogP contribution is -2.38. The van der Waals surface area contributed by atoms with Gasteiger partial charge in [-0.2, -0.15) is 0 Å². The summed E-state index contributed by atoms with van der Waals surface area (Å²) < 4.78 is 38.1. The number of carbonyl (C=O) groups is 2. The quantitative estimate of drug-likeness (QED) is 0.557. The highest BCUT2D eigenvalue weighted by Gasteiger charge is 2.16. The van der Waals surface area contributed by atoms with Crippen LogP contribution in [0.25, 0.3) is 0 Å². The number of ether oxygens (including phenoxy) is 2. The Morgan fingerprint density at radius 3 is 2.29 bits per heavy atom. The predicted octanol–water partition coefficient (Wildman–Crippen LogP) is 4.15. The van der Waals surface area contributed by atoms with Gasteiger partial charge in [0.1, 0.15) is 11.6 Å². The first kappa shape index (κ1) is 24.1. The smallest absolute Gasteiger partial charge is 0.254 e. The van der Waals surface area contributed by atoms with Crippen molar-refractivity contribution >= 4 is 11.8 Å². The van der Waals surface area contributed by atoms with Crippen LogP contribution in [0, 0.1) is 11.6 Å². The van der Waals surface area contributed by atoms with Gasteiger partial charge in [-0.15, -0.1) is 0 Å². The van der Waals surface area contributed by atoms with Crippen molar-refractivity contribution in [3.05, 3.63) is 59.2 Å². The van der Waals surface area contributed by atoms with Crippen LogP contribution in [0.5, 0.6) is 11.5 Å². The van der Waals surface area contributed by atoms with Crippen LogP contribution >= 0.6 is 0 Å². The summed E-state index contributed by atoms with van der Waals surface area (Å²) >= 11 is 0. The third-order valence-corrected chi connectivity index (χ3v) is 4.35. The van der Waals surface area contributed by atoms with Gasteiger partial charge in [-0.25, -0.2) is 8.78 Å². The first-order chi connectivity index (χ1) is 14.8. The average molecular weight is 434 g/mol. The molecule has 0 aliphatic heterocycles. The fraction of sp³-hybridized carbons (Fsp3) is 0.391. The molecule has 1 unspecified atom stereocenters. The first-order valence-electron chi connectivity index (χ1n) is 10.3. The zero-order chi connectivity index (χ0) is 22.8. The molecule has 2 aromatic carbocycles. The van der Waals surface area contributed by atoms with Gasteiger partial charge in [0, 0.05) is 6.07 Å². The Kier molecular flexibility index (Phi) is 9.24. The van der Waals surface area contributed by atoms with E-state index in [-0.39, 0.29) is 18.2 Å². The van der Waals surface area contributed by atoms with E-state index in [1.807, 2.05) is 26.0 Å². The molecule has 0 fully saturated rings. The highest BCUT2D eigenvalue weighted by molar-refractivity contribution is 5.96. The molecule has 2 rings (SSSR count). The number of hydrogen-bond acceptors (Lipinski definition) is 4. The van der Waals surface area contributed by atoms with E-state index >= 15 is 0 Å². The molecular formula is C23H28F2N2O4. The highest BCUT2D eigenvalue weighted by Crippen LogP contribution is 2.31. The molecule has 1 atom stereocenters. The van der Waals surface area contributed by atoms with Crippen molar-refractivity contribution in [1.82, 2.24) is 10.6 Å². The van der Waals surface area contributed by atoms with E-state index in [1.165, 1.54) is 0 Å². The molecule has 0 aliphatic carbocycles.